The van der Waals surface area contributed by atoms with Gasteiger partial charge in [0.25, 0.3) is 0 Å². The summed E-state index contributed by atoms with van der Waals surface area (Å²) in [6, 6.07) is 25.7. The molecule has 0 aliphatic heterocycles. The molecule has 3 aromatic rings. The first-order chi connectivity index (χ1) is 19.0. The van der Waals surface area contributed by atoms with Crippen molar-refractivity contribution in [3.8, 4) is 5.75 Å². The van der Waals surface area contributed by atoms with Gasteiger partial charge in [-0.2, -0.15) is 11.8 Å². The molecule has 6 heteroatoms. The summed E-state index contributed by atoms with van der Waals surface area (Å²) in [6.45, 7) is 0.684. The maximum Gasteiger partial charge on any atom is 0.335 e. The average molecular weight is 547 g/mol. The van der Waals surface area contributed by atoms with Gasteiger partial charge in [-0.1, -0.05) is 72.8 Å². The number of aromatic carboxylic acids is 1. The third-order valence-corrected chi connectivity index (χ3v) is 7.42. The largest absolute Gasteiger partial charge is 0.493 e. The normalized spacial score (nSPS) is 11.8. The van der Waals surface area contributed by atoms with Crippen molar-refractivity contribution in [3.05, 3.63) is 107 Å². The van der Waals surface area contributed by atoms with Crippen LogP contribution < -0.4 is 4.74 Å². The first-order valence-corrected chi connectivity index (χ1v) is 14.6. The zero-order valence-electron chi connectivity index (χ0n) is 22.6. The number of ether oxygens (including phenoxy) is 2. The third-order valence-electron chi connectivity index (χ3n) is 6.46. The van der Waals surface area contributed by atoms with Crippen molar-refractivity contribution in [1.29, 1.82) is 0 Å². The van der Waals surface area contributed by atoms with Crippen molar-refractivity contribution in [3.63, 3.8) is 0 Å². The van der Waals surface area contributed by atoms with Gasteiger partial charge in [0.2, 0.25) is 0 Å². The Bertz CT molecular complexity index is 1170. The minimum absolute atomic E-state index is 0.219. The van der Waals surface area contributed by atoms with Gasteiger partial charge in [0.1, 0.15) is 5.75 Å². The molecule has 0 fully saturated rings. The van der Waals surface area contributed by atoms with Gasteiger partial charge in [0, 0.05) is 5.56 Å². The lowest BCUT2D eigenvalue weighted by Crippen LogP contribution is -2.07. The highest BCUT2D eigenvalue weighted by atomic mass is 32.2. The van der Waals surface area contributed by atoms with Crippen LogP contribution >= 0.6 is 11.8 Å². The molecule has 5 nitrogen and oxygen atoms in total. The van der Waals surface area contributed by atoms with Gasteiger partial charge in [-0.15, -0.1) is 0 Å². The summed E-state index contributed by atoms with van der Waals surface area (Å²) in [6.07, 6.45) is 10.4. The van der Waals surface area contributed by atoms with Gasteiger partial charge in [0.15, 0.2) is 0 Å². The average Bonchev–Trinajstić information content (AvgIpc) is 2.96. The molecule has 1 unspecified atom stereocenters. The molecule has 0 aliphatic rings. The molecule has 39 heavy (non-hydrogen) atoms. The van der Waals surface area contributed by atoms with E-state index in [2.05, 4.69) is 42.5 Å². The van der Waals surface area contributed by atoms with Crippen LogP contribution in [0, 0.1) is 5.92 Å². The fraction of sp³-hybridized carbons (Fsp3) is 0.333. The molecule has 0 radical (unpaired) electrons. The Morgan fingerprint density at radius 2 is 1.64 bits per heavy atom. The summed E-state index contributed by atoms with van der Waals surface area (Å²) < 4.78 is 10.9. The topological polar surface area (TPSA) is 72.8 Å². The number of allylic oxidation sites excluding steroid dienone is 1. The number of carboxylic acids is 1. The molecule has 0 aromatic heterocycles. The van der Waals surface area contributed by atoms with Crippen LogP contribution in [0.3, 0.4) is 0 Å². The third kappa shape index (κ3) is 11.4. The summed E-state index contributed by atoms with van der Waals surface area (Å²) >= 11 is 1.56. The van der Waals surface area contributed by atoms with E-state index in [1.807, 2.05) is 36.4 Å². The molecule has 3 aromatic carbocycles. The zero-order chi connectivity index (χ0) is 27.7. The van der Waals surface area contributed by atoms with Crippen LogP contribution in [0.5, 0.6) is 5.75 Å². The summed E-state index contributed by atoms with van der Waals surface area (Å²) in [5.41, 5.74) is 3.78. The minimum Gasteiger partial charge on any atom is -0.493 e. The molecule has 0 heterocycles. The van der Waals surface area contributed by atoms with Crippen molar-refractivity contribution in [1.82, 2.24) is 0 Å². The molecular weight excluding hydrogens is 508 g/mol. The molecule has 1 N–H and O–H groups in total. The van der Waals surface area contributed by atoms with Crippen molar-refractivity contribution >= 4 is 29.8 Å². The Morgan fingerprint density at radius 3 is 2.38 bits per heavy atom. The van der Waals surface area contributed by atoms with Crippen LogP contribution in [0.4, 0.5) is 0 Å². The van der Waals surface area contributed by atoms with Gasteiger partial charge in [-0.25, -0.2) is 4.79 Å². The molecule has 0 amide bonds. The number of carboxylic acid groups (broad SMARTS) is 1. The van der Waals surface area contributed by atoms with Gasteiger partial charge < -0.3 is 14.6 Å². The Hall–Kier alpha value is -3.51. The number of methoxy groups -OCH3 is 1. The van der Waals surface area contributed by atoms with E-state index in [0.29, 0.717) is 12.4 Å². The maximum atomic E-state index is 11.5. The van der Waals surface area contributed by atoms with Crippen LogP contribution in [0.1, 0.15) is 52.7 Å². The van der Waals surface area contributed by atoms with E-state index in [1.54, 1.807) is 23.9 Å². The van der Waals surface area contributed by atoms with Gasteiger partial charge in [0.05, 0.1) is 25.0 Å². The summed E-state index contributed by atoms with van der Waals surface area (Å²) in [4.78, 5) is 22.7. The highest BCUT2D eigenvalue weighted by Crippen LogP contribution is 2.24. The molecule has 206 valence electrons. The molecule has 0 saturated heterocycles. The summed E-state index contributed by atoms with van der Waals surface area (Å²) in [7, 11) is 1.40. The monoisotopic (exact) mass is 546 g/mol. The number of aryl methyl sites for hydroxylation is 1. The maximum absolute atomic E-state index is 11.5. The fourth-order valence-corrected chi connectivity index (χ4v) is 5.12. The van der Waals surface area contributed by atoms with Crippen molar-refractivity contribution in [2.24, 2.45) is 5.92 Å². The molecule has 1 atom stereocenters. The lowest BCUT2D eigenvalue weighted by Gasteiger charge is -2.14. The second-order valence-corrected chi connectivity index (χ2v) is 10.5. The van der Waals surface area contributed by atoms with Crippen LogP contribution in [-0.2, 0) is 22.4 Å². The molecule has 0 spiro atoms. The Balaban J connectivity index is 1.56. The van der Waals surface area contributed by atoms with E-state index < -0.39 is 5.97 Å². The predicted octanol–water partition coefficient (Wildman–Crippen LogP) is 7.35. The van der Waals surface area contributed by atoms with Crippen molar-refractivity contribution < 1.29 is 24.2 Å². The number of hydrogen-bond donors (Lipinski definition) is 1. The summed E-state index contributed by atoms with van der Waals surface area (Å²) in [5, 5.41) is 9.19. The SMILES string of the molecule is COC(=O)CSCCC(/C=C\c1ccccc1OCCCCCc1ccccc1)Cc1ccc(C(=O)O)cc1. The molecular formula is C33H38O5S. The number of carbonyl (C=O) groups excluding carboxylic acids is 1. The zero-order valence-corrected chi connectivity index (χ0v) is 23.4. The van der Waals surface area contributed by atoms with Crippen LogP contribution in [0.2, 0.25) is 0 Å². The fourth-order valence-electron chi connectivity index (χ4n) is 4.23. The van der Waals surface area contributed by atoms with E-state index in [4.69, 9.17) is 9.47 Å². The van der Waals surface area contributed by atoms with Crippen LogP contribution in [0.15, 0.2) is 84.9 Å². The number of carbonyl (C=O) groups is 2. The van der Waals surface area contributed by atoms with E-state index in [1.165, 1.54) is 12.7 Å². The minimum atomic E-state index is -0.926. The number of esters is 1. The van der Waals surface area contributed by atoms with Crippen molar-refractivity contribution in [2.75, 3.05) is 25.2 Å². The van der Waals surface area contributed by atoms with Crippen LogP contribution in [-0.4, -0.2) is 42.3 Å². The van der Waals surface area contributed by atoms with E-state index in [-0.39, 0.29) is 17.5 Å². The Morgan fingerprint density at radius 1 is 0.897 bits per heavy atom. The number of rotatable bonds is 17. The standard InChI is InChI=1S/C33H38O5S/c1-37-32(34)25-39-23-21-28(24-27-16-19-30(20-17-27)33(35)36)15-18-29-13-7-8-14-31(29)38-22-9-3-6-12-26-10-4-2-5-11-26/h2,4-5,7-8,10-11,13-20,28H,3,6,9,12,21-25H2,1H3,(H,35,36)/b18-15-. The lowest BCUT2D eigenvalue weighted by atomic mass is 9.95. The Kier molecular flexibility index (Phi) is 13.2. The van der Waals surface area contributed by atoms with Crippen LogP contribution in [0.25, 0.3) is 6.08 Å². The first kappa shape index (κ1) is 30.0. The van der Waals surface area contributed by atoms with Gasteiger partial charge in [-0.3, -0.25) is 4.79 Å². The summed E-state index contributed by atoms with van der Waals surface area (Å²) in [5.74, 6) is 1.10. The number of para-hydroxylation sites is 1. The Labute approximate surface area is 236 Å². The number of thioether (sulfide) groups is 1. The quantitative estimate of drug-likeness (QED) is 0.141. The molecule has 0 bridgehead atoms. The lowest BCUT2D eigenvalue weighted by molar-refractivity contribution is -0.137. The van der Waals surface area contributed by atoms with E-state index >= 15 is 0 Å². The highest BCUT2D eigenvalue weighted by molar-refractivity contribution is 7.99. The van der Waals surface area contributed by atoms with Gasteiger partial charge in [-0.05, 0) is 79.5 Å². The number of benzene rings is 3. The number of unbranched alkanes of at least 4 members (excludes halogenated alkanes) is 2. The number of hydrogen-bond acceptors (Lipinski definition) is 5. The van der Waals surface area contributed by atoms with Gasteiger partial charge >= 0.3 is 11.9 Å². The molecule has 0 aliphatic carbocycles. The molecule has 0 saturated carbocycles. The highest BCUT2D eigenvalue weighted by Gasteiger charge is 2.10. The second-order valence-electron chi connectivity index (χ2n) is 9.43. The van der Waals surface area contributed by atoms with E-state index in [0.717, 1.165) is 61.2 Å². The van der Waals surface area contributed by atoms with E-state index in [9.17, 15) is 14.7 Å². The first-order valence-electron chi connectivity index (χ1n) is 13.5. The predicted molar refractivity (Wildman–Crippen MR) is 160 cm³/mol. The van der Waals surface area contributed by atoms with Crippen molar-refractivity contribution in [2.45, 2.75) is 38.5 Å². The second kappa shape index (κ2) is 17.2. The molecule has 3 rings (SSSR count). The smallest absolute Gasteiger partial charge is 0.335 e.